The predicted molar refractivity (Wildman–Crippen MR) is 61.1 cm³/mol. The maximum Gasteiger partial charge on any atom is 0.341 e. The Morgan fingerprint density at radius 1 is 1.31 bits per heavy atom. The van der Waals surface area contributed by atoms with E-state index in [-0.39, 0.29) is 11.6 Å². The number of methoxy groups -OCH3 is 1. The first-order valence-corrected chi connectivity index (χ1v) is 6.35. The SMILES string of the molecule is COC(=O)C1(CC(C)C)OC12CCCCC2. The Balaban J connectivity index is 2.15. The van der Waals surface area contributed by atoms with Gasteiger partial charge in [0.1, 0.15) is 5.60 Å². The fraction of sp³-hybridized carbons (Fsp3) is 0.923. The largest absolute Gasteiger partial charge is 0.467 e. The summed E-state index contributed by atoms with van der Waals surface area (Å²) < 4.78 is 10.9. The summed E-state index contributed by atoms with van der Waals surface area (Å²) in [7, 11) is 1.46. The van der Waals surface area contributed by atoms with Crippen LogP contribution in [-0.2, 0) is 14.3 Å². The molecule has 1 spiro atoms. The van der Waals surface area contributed by atoms with Crippen LogP contribution in [0.3, 0.4) is 0 Å². The molecular formula is C13H22O3. The minimum atomic E-state index is -0.615. The second kappa shape index (κ2) is 4.02. The van der Waals surface area contributed by atoms with Crippen molar-refractivity contribution in [1.82, 2.24) is 0 Å². The number of hydrogen-bond acceptors (Lipinski definition) is 3. The van der Waals surface area contributed by atoms with Crippen LogP contribution in [0.15, 0.2) is 0 Å². The van der Waals surface area contributed by atoms with Gasteiger partial charge in [0.15, 0.2) is 5.60 Å². The molecule has 1 atom stereocenters. The number of rotatable bonds is 3. The van der Waals surface area contributed by atoms with E-state index in [1.165, 1.54) is 26.4 Å². The molecule has 0 radical (unpaired) electrons. The normalized spacial score (nSPS) is 31.8. The molecule has 1 aliphatic heterocycles. The number of carbonyl (C=O) groups is 1. The molecule has 2 rings (SSSR count). The molecule has 16 heavy (non-hydrogen) atoms. The lowest BCUT2D eigenvalue weighted by atomic mass is 9.76. The van der Waals surface area contributed by atoms with Crippen LogP contribution < -0.4 is 0 Å². The monoisotopic (exact) mass is 226 g/mol. The van der Waals surface area contributed by atoms with E-state index in [0.29, 0.717) is 5.92 Å². The average molecular weight is 226 g/mol. The topological polar surface area (TPSA) is 38.8 Å². The lowest BCUT2D eigenvalue weighted by molar-refractivity contribution is -0.147. The van der Waals surface area contributed by atoms with Gasteiger partial charge in [0.25, 0.3) is 0 Å². The zero-order valence-electron chi connectivity index (χ0n) is 10.5. The van der Waals surface area contributed by atoms with E-state index in [0.717, 1.165) is 19.3 Å². The van der Waals surface area contributed by atoms with Gasteiger partial charge < -0.3 is 9.47 Å². The van der Waals surface area contributed by atoms with Crippen LogP contribution in [-0.4, -0.2) is 24.3 Å². The zero-order chi connectivity index (χ0) is 11.8. The molecule has 0 bridgehead atoms. The molecule has 0 aromatic heterocycles. The summed E-state index contributed by atoms with van der Waals surface area (Å²) in [6.07, 6.45) is 6.46. The van der Waals surface area contributed by atoms with Gasteiger partial charge in [-0.05, 0) is 25.2 Å². The molecule has 92 valence electrons. The van der Waals surface area contributed by atoms with Crippen LogP contribution in [0.25, 0.3) is 0 Å². The van der Waals surface area contributed by atoms with Gasteiger partial charge in [0, 0.05) is 0 Å². The number of epoxide rings is 1. The molecule has 1 saturated carbocycles. The first-order valence-electron chi connectivity index (χ1n) is 6.35. The van der Waals surface area contributed by atoms with Crippen LogP contribution >= 0.6 is 0 Å². The molecule has 1 unspecified atom stereocenters. The van der Waals surface area contributed by atoms with E-state index in [2.05, 4.69) is 13.8 Å². The Labute approximate surface area is 97.5 Å². The second-order valence-corrected chi connectivity index (χ2v) is 5.57. The molecule has 0 N–H and O–H groups in total. The second-order valence-electron chi connectivity index (χ2n) is 5.57. The Hall–Kier alpha value is -0.570. The van der Waals surface area contributed by atoms with Gasteiger partial charge in [-0.15, -0.1) is 0 Å². The molecule has 1 aliphatic carbocycles. The van der Waals surface area contributed by atoms with E-state index in [1.807, 2.05) is 0 Å². The number of esters is 1. The number of hydrogen-bond donors (Lipinski definition) is 0. The third kappa shape index (κ3) is 1.65. The summed E-state index contributed by atoms with van der Waals surface area (Å²) in [4.78, 5) is 12.0. The molecule has 1 saturated heterocycles. The standard InChI is InChI=1S/C13H22O3/c1-10(2)9-13(11(14)15-3)12(16-13)7-5-4-6-8-12/h10H,4-9H2,1-3H3. The van der Waals surface area contributed by atoms with E-state index < -0.39 is 5.60 Å². The van der Waals surface area contributed by atoms with E-state index >= 15 is 0 Å². The Morgan fingerprint density at radius 3 is 2.44 bits per heavy atom. The van der Waals surface area contributed by atoms with Crippen molar-refractivity contribution in [2.45, 2.75) is 63.6 Å². The average Bonchev–Trinajstić information content (AvgIpc) is 2.85. The molecule has 0 aromatic carbocycles. The highest BCUT2D eigenvalue weighted by Crippen LogP contribution is 2.59. The number of ether oxygens (including phenoxy) is 2. The van der Waals surface area contributed by atoms with Crippen molar-refractivity contribution >= 4 is 5.97 Å². The first-order chi connectivity index (χ1) is 7.56. The summed E-state index contributed by atoms with van der Waals surface area (Å²) in [6.45, 7) is 4.26. The fourth-order valence-corrected chi connectivity index (χ4v) is 3.22. The van der Waals surface area contributed by atoms with E-state index in [1.54, 1.807) is 0 Å². The Kier molecular flexibility index (Phi) is 2.99. The van der Waals surface area contributed by atoms with Crippen molar-refractivity contribution in [2.24, 2.45) is 5.92 Å². The molecule has 0 aromatic rings. The minimum absolute atomic E-state index is 0.164. The molecule has 0 amide bonds. The smallest absolute Gasteiger partial charge is 0.341 e. The highest BCUT2D eigenvalue weighted by molar-refractivity contribution is 5.85. The lowest BCUT2D eigenvalue weighted by Crippen LogP contribution is -2.37. The molecular weight excluding hydrogens is 204 g/mol. The lowest BCUT2D eigenvalue weighted by Gasteiger charge is -2.23. The van der Waals surface area contributed by atoms with Crippen molar-refractivity contribution in [3.05, 3.63) is 0 Å². The molecule has 1 heterocycles. The van der Waals surface area contributed by atoms with Crippen LogP contribution in [0.1, 0.15) is 52.4 Å². The van der Waals surface area contributed by atoms with Crippen molar-refractivity contribution in [3.8, 4) is 0 Å². The van der Waals surface area contributed by atoms with Crippen LogP contribution in [0.4, 0.5) is 0 Å². The summed E-state index contributed by atoms with van der Waals surface area (Å²) in [5.41, 5.74) is -0.793. The Bertz CT molecular complexity index is 279. The van der Waals surface area contributed by atoms with Crippen molar-refractivity contribution < 1.29 is 14.3 Å². The van der Waals surface area contributed by atoms with Crippen molar-refractivity contribution in [1.29, 1.82) is 0 Å². The zero-order valence-corrected chi connectivity index (χ0v) is 10.5. The summed E-state index contributed by atoms with van der Waals surface area (Å²) in [5.74, 6) is 0.295. The third-order valence-corrected chi connectivity index (χ3v) is 3.94. The van der Waals surface area contributed by atoms with Gasteiger partial charge in [-0.3, -0.25) is 0 Å². The first kappa shape index (κ1) is 11.9. The summed E-state index contributed by atoms with van der Waals surface area (Å²) in [5, 5.41) is 0. The van der Waals surface area contributed by atoms with Crippen LogP contribution in [0, 0.1) is 5.92 Å². The van der Waals surface area contributed by atoms with Crippen molar-refractivity contribution in [2.75, 3.05) is 7.11 Å². The minimum Gasteiger partial charge on any atom is -0.467 e. The van der Waals surface area contributed by atoms with E-state index in [4.69, 9.17) is 9.47 Å². The predicted octanol–water partition coefficient (Wildman–Crippen LogP) is 2.68. The van der Waals surface area contributed by atoms with Gasteiger partial charge in [-0.2, -0.15) is 0 Å². The van der Waals surface area contributed by atoms with Gasteiger partial charge in [-0.1, -0.05) is 33.1 Å². The third-order valence-electron chi connectivity index (χ3n) is 3.94. The highest BCUT2D eigenvalue weighted by Gasteiger charge is 2.74. The van der Waals surface area contributed by atoms with Crippen LogP contribution in [0.2, 0.25) is 0 Å². The van der Waals surface area contributed by atoms with Gasteiger partial charge in [0.2, 0.25) is 0 Å². The fourth-order valence-electron chi connectivity index (χ4n) is 3.22. The molecule has 3 heteroatoms. The maximum absolute atomic E-state index is 12.0. The summed E-state index contributed by atoms with van der Waals surface area (Å²) >= 11 is 0. The number of carbonyl (C=O) groups excluding carboxylic acids is 1. The molecule has 2 fully saturated rings. The summed E-state index contributed by atoms with van der Waals surface area (Å²) in [6, 6.07) is 0. The molecule has 3 nitrogen and oxygen atoms in total. The van der Waals surface area contributed by atoms with Gasteiger partial charge in [-0.25, -0.2) is 4.79 Å². The quantitative estimate of drug-likeness (QED) is 0.548. The molecule has 2 aliphatic rings. The van der Waals surface area contributed by atoms with Gasteiger partial charge >= 0.3 is 5.97 Å². The van der Waals surface area contributed by atoms with E-state index in [9.17, 15) is 4.79 Å². The van der Waals surface area contributed by atoms with Crippen molar-refractivity contribution in [3.63, 3.8) is 0 Å². The van der Waals surface area contributed by atoms with Gasteiger partial charge in [0.05, 0.1) is 7.11 Å². The highest BCUT2D eigenvalue weighted by atomic mass is 16.7. The Morgan fingerprint density at radius 2 is 1.94 bits per heavy atom. The van der Waals surface area contributed by atoms with Crippen LogP contribution in [0.5, 0.6) is 0 Å². The maximum atomic E-state index is 12.0.